The van der Waals surface area contributed by atoms with E-state index in [4.69, 9.17) is 14.2 Å². The van der Waals surface area contributed by atoms with E-state index >= 15 is 0 Å². The number of fused-ring (bicyclic) bond motifs is 1. The molecule has 0 amide bonds. The van der Waals surface area contributed by atoms with E-state index in [1.807, 2.05) is 0 Å². The van der Waals surface area contributed by atoms with E-state index in [1.165, 1.54) is 80.3 Å². The summed E-state index contributed by atoms with van der Waals surface area (Å²) < 4.78 is 48.6. The lowest BCUT2D eigenvalue weighted by Gasteiger charge is -2.32. The van der Waals surface area contributed by atoms with Crippen LogP contribution in [0.5, 0.6) is 11.5 Å². The van der Waals surface area contributed by atoms with E-state index in [9.17, 15) is 8.78 Å². The molecule has 1 fully saturated rings. The normalized spacial score (nSPS) is 14.9. The topological polar surface area (TPSA) is 33.9 Å². The van der Waals surface area contributed by atoms with E-state index in [0.29, 0.717) is 26.4 Å². The largest absolute Gasteiger partial charge is 1.00 e. The second-order valence-corrected chi connectivity index (χ2v) is 11.7. The molecule has 43 heavy (non-hydrogen) atoms. The summed E-state index contributed by atoms with van der Waals surface area (Å²) in [5.74, 6) is 0.102. The highest BCUT2D eigenvalue weighted by Crippen LogP contribution is 2.45. The number of hydrogen-bond acceptors (Lipinski definition) is 4. The third kappa shape index (κ3) is 9.65. The minimum atomic E-state index is -0.805. The van der Waals surface area contributed by atoms with Gasteiger partial charge in [0, 0.05) is 37.1 Å². The van der Waals surface area contributed by atoms with Gasteiger partial charge >= 0.3 is 0 Å². The zero-order valence-corrected chi connectivity index (χ0v) is 28.1. The van der Waals surface area contributed by atoms with Gasteiger partial charge in [0.05, 0.1) is 38.2 Å². The quantitative estimate of drug-likeness (QED) is 0.175. The zero-order valence-electron chi connectivity index (χ0n) is 26.5. The van der Waals surface area contributed by atoms with Crippen LogP contribution >= 0.6 is 0 Å². The van der Waals surface area contributed by atoms with E-state index in [1.54, 1.807) is 13.2 Å². The maximum absolute atomic E-state index is 14.1. The van der Waals surface area contributed by atoms with Gasteiger partial charge in [-0.2, -0.15) is 0 Å². The van der Waals surface area contributed by atoms with Crippen LogP contribution < -0.4 is 31.4 Å². The summed E-state index contributed by atoms with van der Waals surface area (Å²) in [5, 5.41) is 0. The van der Waals surface area contributed by atoms with Crippen molar-refractivity contribution in [1.29, 1.82) is 0 Å². The number of hydrogen-bond donors (Lipinski definition) is 0. The van der Waals surface area contributed by atoms with Gasteiger partial charge in [0.15, 0.2) is 35.4 Å². The maximum atomic E-state index is 14.1. The van der Waals surface area contributed by atoms with Gasteiger partial charge in [-0.15, -0.1) is 0 Å². The van der Waals surface area contributed by atoms with Gasteiger partial charge in [0.2, 0.25) is 0 Å². The van der Waals surface area contributed by atoms with Crippen molar-refractivity contribution in [3.63, 3.8) is 0 Å². The van der Waals surface area contributed by atoms with Crippen LogP contribution in [0.15, 0.2) is 24.3 Å². The number of anilines is 1. The number of ether oxygens (including phenoxy) is 3. The molecule has 0 unspecified atom stereocenters. The number of halogens is 3. The first-order chi connectivity index (χ1) is 20.6. The molecule has 0 saturated carbocycles. The van der Waals surface area contributed by atoms with Gasteiger partial charge in [-0.05, 0) is 37.1 Å². The zero-order chi connectivity index (χ0) is 29.7. The lowest BCUT2D eigenvalue weighted by Crippen LogP contribution is -3.00. The number of methoxy groups -OCH3 is 1. The number of benzene rings is 2. The van der Waals surface area contributed by atoms with E-state index in [0.717, 1.165) is 68.1 Å². The molecule has 0 N–H and O–H groups in total. The molecule has 1 saturated heterocycles. The van der Waals surface area contributed by atoms with Gasteiger partial charge in [-0.25, -0.2) is 13.4 Å². The van der Waals surface area contributed by atoms with Crippen molar-refractivity contribution in [3.8, 4) is 11.5 Å². The molecule has 2 aliphatic rings. The van der Waals surface area contributed by atoms with Crippen LogP contribution in [0.25, 0.3) is 0 Å². The smallest absolute Gasteiger partial charge is 0.184 e. The highest BCUT2D eigenvalue weighted by atomic mass is 79.9. The van der Waals surface area contributed by atoms with E-state index in [2.05, 4.69) is 29.4 Å². The van der Waals surface area contributed by atoms with E-state index < -0.39 is 11.6 Å². The molecule has 2 aromatic rings. The Morgan fingerprint density at radius 3 is 2.26 bits per heavy atom. The van der Waals surface area contributed by atoms with Crippen molar-refractivity contribution >= 4 is 11.4 Å². The molecular weight excluding hydrogens is 614 g/mol. The standard InChI is InChI=1S/C35H51F2N2O3.BrH/c1-4-6-8-10-11-13-21-42-34-28-17-18-39(26-27-15-16-30(36)31(37)24-27)32(14-12-9-7-5-2)29(28)25-33(35(34)40-3)38-19-22-41-23-20-38;/h15-16,24-25H,4-14,17-23,26H2,1-3H3;1H/q+1;/p-1. The number of unbranched alkanes of at least 4 members (excludes halogenated alkanes) is 8. The minimum absolute atomic E-state index is 0. The summed E-state index contributed by atoms with van der Waals surface area (Å²) in [4.78, 5) is 2.35. The molecule has 0 bridgehead atoms. The van der Waals surface area contributed by atoms with Crippen molar-refractivity contribution in [3.05, 3.63) is 52.6 Å². The fourth-order valence-corrected chi connectivity index (χ4v) is 6.21. The second kappa shape index (κ2) is 18.6. The lowest BCUT2D eigenvalue weighted by molar-refractivity contribution is -0.545. The van der Waals surface area contributed by atoms with E-state index in [-0.39, 0.29) is 17.0 Å². The predicted octanol–water partition coefficient (Wildman–Crippen LogP) is 5.08. The molecule has 0 spiro atoms. The summed E-state index contributed by atoms with van der Waals surface area (Å²) in [7, 11) is 1.75. The molecule has 2 heterocycles. The number of rotatable bonds is 17. The highest BCUT2D eigenvalue weighted by Gasteiger charge is 2.33. The third-order valence-corrected chi connectivity index (χ3v) is 8.57. The first kappa shape index (κ1) is 35.3. The van der Waals surface area contributed by atoms with Crippen molar-refractivity contribution in [2.24, 2.45) is 0 Å². The molecule has 240 valence electrons. The van der Waals surface area contributed by atoms with Gasteiger partial charge in [0.25, 0.3) is 0 Å². The Labute approximate surface area is 268 Å². The average Bonchev–Trinajstić information content (AvgIpc) is 3.01. The molecule has 2 aromatic carbocycles. The molecule has 0 radical (unpaired) electrons. The first-order valence-corrected chi connectivity index (χ1v) is 16.3. The molecule has 5 nitrogen and oxygen atoms in total. The lowest BCUT2D eigenvalue weighted by atomic mass is 9.90. The van der Waals surface area contributed by atoms with Crippen molar-refractivity contribution in [1.82, 2.24) is 0 Å². The summed E-state index contributed by atoms with van der Waals surface area (Å²) in [5.41, 5.74) is 5.52. The maximum Gasteiger partial charge on any atom is 0.184 e. The molecule has 0 aromatic heterocycles. The summed E-state index contributed by atoms with van der Waals surface area (Å²) in [6.45, 7) is 9.46. The van der Waals surface area contributed by atoms with Crippen LogP contribution in [0.2, 0.25) is 0 Å². The summed E-state index contributed by atoms with van der Waals surface area (Å²) in [6.07, 6.45) is 13.7. The average molecular weight is 666 g/mol. The number of morpholine rings is 1. The van der Waals surface area contributed by atoms with Crippen LogP contribution in [-0.2, 0) is 17.7 Å². The molecule has 0 atom stereocenters. The van der Waals surface area contributed by atoms with Crippen molar-refractivity contribution in [2.75, 3.05) is 51.5 Å². The molecule has 4 rings (SSSR count). The SMILES string of the molecule is CCCCCCCCOc1c2c(cc(N3CCOCC3)c1OC)C(CCCCCC)=[N+](Cc1ccc(F)c(F)c1)CC2.[Br-]. The predicted molar refractivity (Wildman–Crippen MR) is 167 cm³/mol. The Hall–Kier alpha value is -2.19. The first-order valence-electron chi connectivity index (χ1n) is 16.3. The summed E-state index contributed by atoms with van der Waals surface area (Å²) in [6, 6.07) is 6.56. The molecule has 0 aliphatic carbocycles. The van der Waals surface area contributed by atoms with Crippen molar-refractivity contribution in [2.45, 2.75) is 97.4 Å². The third-order valence-electron chi connectivity index (χ3n) is 8.57. The Bertz CT molecular complexity index is 1180. The number of nitrogens with zero attached hydrogens (tertiary/aromatic N) is 2. The Morgan fingerprint density at radius 2 is 1.56 bits per heavy atom. The van der Waals surface area contributed by atoms with Crippen LogP contribution in [-0.4, -0.2) is 56.9 Å². The molecule has 2 aliphatic heterocycles. The Balaban J connectivity index is 0.00000506. The Kier molecular flexibility index (Phi) is 15.2. The van der Waals surface area contributed by atoms with Crippen LogP contribution in [0.3, 0.4) is 0 Å². The molecule has 8 heteroatoms. The van der Waals surface area contributed by atoms with Gasteiger partial charge in [-0.3, -0.25) is 0 Å². The van der Waals surface area contributed by atoms with Gasteiger partial charge in [-0.1, -0.05) is 65.2 Å². The summed E-state index contributed by atoms with van der Waals surface area (Å²) >= 11 is 0. The fraction of sp³-hybridized carbons (Fsp3) is 0.629. The fourth-order valence-electron chi connectivity index (χ4n) is 6.21. The van der Waals surface area contributed by atoms with Gasteiger partial charge < -0.3 is 36.1 Å². The Morgan fingerprint density at radius 1 is 0.860 bits per heavy atom. The van der Waals surface area contributed by atoms with Crippen LogP contribution in [0.4, 0.5) is 14.5 Å². The highest BCUT2D eigenvalue weighted by molar-refractivity contribution is 6.01. The van der Waals surface area contributed by atoms with Crippen molar-refractivity contribution < 1.29 is 44.5 Å². The second-order valence-electron chi connectivity index (χ2n) is 11.7. The van der Waals surface area contributed by atoms with Crippen LogP contribution in [0, 0.1) is 11.6 Å². The molecular formula is C35H51BrF2N2O3. The van der Waals surface area contributed by atoms with Gasteiger partial charge in [0.1, 0.15) is 6.54 Å². The minimum Gasteiger partial charge on any atom is -1.00 e. The van der Waals surface area contributed by atoms with Crippen LogP contribution in [0.1, 0.15) is 101 Å². The monoisotopic (exact) mass is 664 g/mol.